The highest BCUT2D eigenvalue weighted by Gasteiger charge is 2.13. The molecule has 1 aromatic carbocycles. The molecule has 0 saturated carbocycles. The lowest BCUT2D eigenvalue weighted by Gasteiger charge is -2.07. The van der Waals surface area contributed by atoms with E-state index in [1.165, 1.54) is 0 Å². The molecule has 4 nitrogen and oxygen atoms in total. The average Bonchev–Trinajstić information content (AvgIpc) is 2.67. The van der Waals surface area contributed by atoms with Gasteiger partial charge in [0.15, 0.2) is 0 Å². The van der Waals surface area contributed by atoms with Crippen molar-refractivity contribution in [2.45, 2.75) is 6.54 Å². The molecule has 18 heavy (non-hydrogen) atoms. The zero-order valence-electron chi connectivity index (χ0n) is 10.7. The van der Waals surface area contributed by atoms with Crippen molar-refractivity contribution in [3.05, 3.63) is 34.6 Å². The molecule has 0 radical (unpaired) electrons. The molecule has 0 fully saturated rings. The maximum Gasteiger partial charge on any atom is 0.141 e. The molecule has 0 aliphatic rings. The maximum absolute atomic E-state index is 5.24. The van der Waals surface area contributed by atoms with Crippen LogP contribution >= 0.6 is 15.9 Å². The summed E-state index contributed by atoms with van der Waals surface area (Å²) >= 11 is 3.50. The minimum Gasteiger partial charge on any atom is -0.497 e. The third-order valence-electron chi connectivity index (χ3n) is 2.84. The molecule has 0 amide bonds. The molecule has 0 bridgehead atoms. The Kier molecular flexibility index (Phi) is 4.04. The summed E-state index contributed by atoms with van der Waals surface area (Å²) in [5.74, 6) is 1.76. The number of hydrogen-bond donors (Lipinski definition) is 1. The van der Waals surface area contributed by atoms with E-state index in [9.17, 15) is 0 Å². The highest BCUT2D eigenvalue weighted by molar-refractivity contribution is 9.10. The fourth-order valence-electron chi connectivity index (χ4n) is 1.88. The Morgan fingerprint density at radius 3 is 2.89 bits per heavy atom. The van der Waals surface area contributed by atoms with Gasteiger partial charge in [-0.2, -0.15) is 0 Å². The number of aromatic nitrogens is 2. The molecule has 1 aromatic heterocycles. The second kappa shape index (κ2) is 5.54. The second-order valence-corrected chi connectivity index (χ2v) is 4.75. The van der Waals surface area contributed by atoms with Crippen LogP contribution in [0.15, 0.2) is 28.9 Å². The van der Waals surface area contributed by atoms with E-state index < -0.39 is 0 Å². The fraction of sp³-hybridized carbons (Fsp3) is 0.308. The quantitative estimate of drug-likeness (QED) is 0.943. The van der Waals surface area contributed by atoms with Crippen LogP contribution in [-0.4, -0.2) is 23.7 Å². The lowest BCUT2D eigenvalue weighted by Crippen LogP contribution is -2.10. The van der Waals surface area contributed by atoms with E-state index >= 15 is 0 Å². The van der Waals surface area contributed by atoms with Crippen LogP contribution < -0.4 is 10.1 Å². The zero-order chi connectivity index (χ0) is 13.1. The normalized spacial score (nSPS) is 10.7. The van der Waals surface area contributed by atoms with Gasteiger partial charge in [-0.3, -0.25) is 0 Å². The summed E-state index contributed by atoms with van der Waals surface area (Å²) in [7, 11) is 5.60. The third kappa shape index (κ3) is 2.42. The molecule has 5 heteroatoms. The lowest BCUT2D eigenvalue weighted by atomic mass is 10.2. The molecule has 0 unspecified atom stereocenters. The highest BCUT2D eigenvalue weighted by Crippen LogP contribution is 2.27. The molecule has 2 rings (SSSR count). The third-order valence-corrected chi connectivity index (χ3v) is 3.47. The standard InChI is InChI=1S/C13H16BrN3O/c1-15-8-11-12(14)16-13(17(11)2)9-5-4-6-10(7-9)18-3/h4-7,15H,8H2,1-3H3. The Morgan fingerprint density at radius 1 is 1.44 bits per heavy atom. The van der Waals surface area contributed by atoms with Gasteiger partial charge in [0.25, 0.3) is 0 Å². The van der Waals surface area contributed by atoms with E-state index in [0.717, 1.165) is 34.0 Å². The number of nitrogens with one attached hydrogen (secondary N) is 1. The number of nitrogens with zero attached hydrogens (tertiary/aromatic N) is 2. The topological polar surface area (TPSA) is 39.1 Å². The summed E-state index contributed by atoms with van der Waals surface area (Å²) in [5.41, 5.74) is 2.16. The molecule has 96 valence electrons. The number of benzene rings is 1. The van der Waals surface area contributed by atoms with Crippen molar-refractivity contribution >= 4 is 15.9 Å². The van der Waals surface area contributed by atoms with Crippen molar-refractivity contribution in [2.24, 2.45) is 7.05 Å². The van der Waals surface area contributed by atoms with Crippen molar-refractivity contribution in [2.75, 3.05) is 14.2 Å². The molecular weight excluding hydrogens is 294 g/mol. The fourth-order valence-corrected chi connectivity index (χ4v) is 2.45. The smallest absolute Gasteiger partial charge is 0.141 e. The predicted molar refractivity (Wildman–Crippen MR) is 75.7 cm³/mol. The van der Waals surface area contributed by atoms with Crippen LogP contribution in [-0.2, 0) is 13.6 Å². The lowest BCUT2D eigenvalue weighted by molar-refractivity contribution is 0.415. The number of ether oxygens (including phenoxy) is 1. The van der Waals surface area contributed by atoms with E-state index in [4.69, 9.17) is 4.74 Å². The van der Waals surface area contributed by atoms with Gasteiger partial charge in [-0.1, -0.05) is 12.1 Å². The Bertz CT molecular complexity index is 551. The predicted octanol–water partition coefficient (Wildman–Crippen LogP) is 2.58. The number of hydrogen-bond acceptors (Lipinski definition) is 3. The molecule has 0 spiro atoms. The Morgan fingerprint density at radius 2 is 2.22 bits per heavy atom. The van der Waals surface area contributed by atoms with Crippen LogP contribution in [0.2, 0.25) is 0 Å². The van der Waals surface area contributed by atoms with Gasteiger partial charge in [0.2, 0.25) is 0 Å². The van der Waals surface area contributed by atoms with Crippen molar-refractivity contribution < 1.29 is 4.74 Å². The van der Waals surface area contributed by atoms with Gasteiger partial charge in [0.05, 0.1) is 12.8 Å². The summed E-state index contributed by atoms with van der Waals surface area (Å²) < 4.78 is 8.19. The van der Waals surface area contributed by atoms with Gasteiger partial charge in [-0.25, -0.2) is 4.98 Å². The van der Waals surface area contributed by atoms with Gasteiger partial charge in [-0.05, 0) is 35.1 Å². The van der Waals surface area contributed by atoms with Gasteiger partial charge in [0, 0.05) is 19.2 Å². The van der Waals surface area contributed by atoms with E-state index in [0.29, 0.717) is 0 Å². The monoisotopic (exact) mass is 309 g/mol. The Labute approximate surface area is 115 Å². The van der Waals surface area contributed by atoms with Gasteiger partial charge < -0.3 is 14.6 Å². The molecule has 0 saturated heterocycles. The van der Waals surface area contributed by atoms with Crippen molar-refractivity contribution in [3.8, 4) is 17.1 Å². The van der Waals surface area contributed by atoms with Gasteiger partial charge >= 0.3 is 0 Å². The summed E-state index contributed by atoms with van der Waals surface area (Å²) in [5, 5.41) is 3.14. The van der Waals surface area contributed by atoms with Crippen LogP contribution in [0.4, 0.5) is 0 Å². The largest absolute Gasteiger partial charge is 0.497 e. The second-order valence-electron chi connectivity index (χ2n) is 3.99. The van der Waals surface area contributed by atoms with Crippen molar-refractivity contribution in [1.82, 2.24) is 14.9 Å². The highest BCUT2D eigenvalue weighted by atomic mass is 79.9. The summed E-state index contributed by atoms with van der Waals surface area (Å²) in [6, 6.07) is 7.91. The molecule has 1 N–H and O–H groups in total. The van der Waals surface area contributed by atoms with E-state index in [1.54, 1.807) is 7.11 Å². The van der Waals surface area contributed by atoms with Crippen LogP contribution in [0.25, 0.3) is 11.4 Å². The number of rotatable bonds is 4. The molecule has 2 aromatic rings. The first-order chi connectivity index (χ1) is 8.67. The van der Waals surface area contributed by atoms with Crippen molar-refractivity contribution in [3.63, 3.8) is 0 Å². The minimum absolute atomic E-state index is 0.772. The van der Waals surface area contributed by atoms with Crippen LogP contribution in [0.5, 0.6) is 5.75 Å². The summed E-state index contributed by atoms with van der Waals surface area (Å²) in [6.07, 6.45) is 0. The van der Waals surface area contributed by atoms with Gasteiger partial charge in [-0.15, -0.1) is 0 Å². The first-order valence-electron chi connectivity index (χ1n) is 5.67. The minimum atomic E-state index is 0.772. The first kappa shape index (κ1) is 13.1. The van der Waals surface area contributed by atoms with Crippen LogP contribution in [0.1, 0.15) is 5.69 Å². The van der Waals surface area contributed by atoms with Crippen molar-refractivity contribution in [1.29, 1.82) is 0 Å². The molecule has 0 aliphatic carbocycles. The summed E-state index contributed by atoms with van der Waals surface area (Å²) in [6.45, 7) is 0.772. The molecule has 0 aliphatic heterocycles. The molecule has 0 atom stereocenters. The first-order valence-corrected chi connectivity index (χ1v) is 6.46. The van der Waals surface area contributed by atoms with Crippen LogP contribution in [0, 0.1) is 0 Å². The van der Waals surface area contributed by atoms with E-state index in [2.05, 4.69) is 30.8 Å². The van der Waals surface area contributed by atoms with E-state index in [1.807, 2.05) is 38.4 Å². The molecular formula is C13H16BrN3O. The SMILES string of the molecule is CNCc1c(Br)nc(-c2cccc(OC)c2)n1C. The Balaban J connectivity index is 2.47. The van der Waals surface area contributed by atoms with Gasteiger partial charge in [0.1, 0.15) is 16.2 Å². The number of halogens is 1. The Hall–Kier alpha value is -1.33. The summed E-state index contributed by atoms with van der Waals surface area (Å²) in [4.78, 5) is 4.56. The maximum atomic E-state index is 5.24. The molecule has 1 heterocycles. The average molecular weight is 310 g/mol. The zero-order valence-corrected chi connectivity index (χ0v) is 12.3. The number of imidazole rings is 1. The van der Waals surface area contributed by atoms with E-state index in [-0.39, 0.29) is 0 Å². The number of methoxy groups -OCH3 is 1. The van der Waals surface area contributed by atoms with Crippen LogP contribution in [0.3, 0.4) is 0 Å².